The van der Waals surface area contributed by atoms with Gasteiger partial charge in [0, 0.05) is 18.0 Å². The SMILES string of the molecule is O=C(CSCC(=O)Nc1cccc(COCC2CC2)c1)Nc1ccc(F)cc1. The normalized spacial score (nSPS) is 13.2. The summed E-state index contributed by atoms with van der Waals surface area (Å²) in [7, 11) is 0. The second kappa shape index (κ2) is 10.2. The van der Waals surface area contributed by atoms with E-state index >= 15 is 0 Å². The molecule has 1 aliphatic carbocycles. The van der Waals surface area contributed by atoms with Gasteiger partial charge in [-0.15, -0.1) is 11.8 Å². The van der Waals surface area contributed by atoms with Crippen molar-refractivity contribution >= 4 is 35.0 Å². The molecular formula is C21H23FN2O3S. The molecule has 28 heavy (non-hydrogen) atoms. The number of amides is 2. The number of carbonyl (C=O) groups is 2. The molecule has 3 rings (SSSR count). The van der Waals surface area contributed by atoms with Crippen LogP contribution < -0.4 is 10.6 Å². The molecule has 0 spiro atoms. The smallest absolute Gasteiger partial charge is 0.234 e. The van der Waals surface area contributed by atoms with Crippen LogP contribution >= 0.6 is 11.8 Å². The van der Waals surface area contributed by atoms with Gasteiger partial charge in [0.2, 0.25) is 11.8 Å². The second-order valence-electron chi connectivity index (χ2n) is 6.75. The molecule has 0 aromatic heterocycles. The predicted molar refractivity (Wildman–Crippen MR) is 110 cm³/mol. The van der Waals surface area contributed by atoms with Gasteiger partial charge in [0.1, 0.15) is 5.82 Å². The van der Waals surface area contributed by atoms with Gasteiger partial charge in [-0.3, -0.25) is 9.59 Å². The topological polar surface area (TPSA) is 67.4 Å². The summed E-state index contributed by atoms with van der Waals surface area (Å²) in [6, 6.07) is 13.1. The Labute approximate surface area is 168 Å². The maximum absolute atomic E-state index is 12.8. The number of benzene rings is 2. The molecule has 0 saturated heterocycles. The van der Waals surface area contributed by atoms with Crippen LogP contribution in [-0.2, 0) is 20.9 Å². The van der Waals surface area contributed by atoms with Gasteiger partial charge in [-0.05, 0) is 60.7 Å². The van der Waals surface area contributed by atoms with Crippen molar-refractivity contribution in [3.63, 3.8) is 0 Å². The fraction of sp³-hybridized carbons (Fsp3) is 0.333. The number of nitrogens with one attached hydrogen (secondary N) is 2. The van der Waals surface area contributed by atoms with E-state index in [1.54, 1.807) is 0 Å². The van der Waals surface area contributed by atoms with Crippen LogP contribution in [0.25, 0.3) is 0 Å². The van der Waals surface area contributed by atoms with Crippen molar-refractivity contribution in [1.82, 2.24) is 0 Å². The first-order valence-electron chi connectivity index (χ1n) is 9.18. The van der Waals surface area contributed by atoms with Crippen molar-refractivity contribution in [3.8, 4) is 0 Å². The van der Waals surface area contributed by atoms with E-state index in [2.05, 4.69) is 10.6 Å². The lowest BCUT2D eigenvalue weighted by Gasteiger charge is -2.08. The standard InChI is InChI=1S/C21H23FN2O3S/c22-17-6-8-18(9-7-17)23-20(25)13-28-14-21(26)24-19-3-1-2-16(10-19)12-27-11-15-4-5-15/h1-3,6-10,15H,4-5,11-14H2,(H,23,25)(H,24,26). The highest BCUT2D eigenvalue weighted by Crippen LogP contribution is 2.29. The lowest BCUT2D eigenvalue weighted by molar-refractivity contribution is -0.114. The molecule has 1 fully saturated rings. The Kier molecular flexibility index (Phi) is 7.45. The summed E-state index contributed by atoms with van der Waals surface area (Å²) in [6.45, 7) is 1.34. The second-order valence-corrected chi connectivity index (χ2v) is 7.74. The predicted octanol–water partition coefficient (Wildman–Crippen LogP) is 4.06. The molecule has 7 heteroatoms. The van der Waals surface area contributed by atoms with E-state index in [0.29, 0.717) is 18.0 Å². The third-order valence-corrected chi connectivity index (χ3v) is 5.06. The lowest BCUT2D eigenvalue weighted by atomic mass is 10.2. The number of hydrogen-bond acceptors (Lipinski definition) is 4. The summed E-state index contributed by atoms with van der Waals surface area (Å²) in [4.78, 5) is 23.9. The monoisotopic (exact) mass is 402 g/mol. The zero-order valence-electron chi connectivity index (χ0n) is 15.4. The van der Waals surface area contributed by atoms with E-state index in [-0.39, 0.29) is 29.1 Å². The highest BCUT2D eigenvalue weighted by Gasteiger charge is 2.21. The first-order chi connectivity index (χ1) is 13.6. The summed E-state index contributed by atoms with van der Waals surface area (Å²) in [5.41, 5.74) is 2.26. The zero-order chi connectivity index (χ0) is 19.8. The maximum atomic E-state index is 12.8. The first-order valence-corrected chi connectivity index (χ1v) is 10.3. The molecule has 2 amide bonds. The molecule has 2 N–H and O–H groups in total. The van der Waals surface area contributed by atoms with Gasteiger partial charge in [0.15, 0.2) is 0 Å². The third-order valence-electron chi connectivity index (χ3n) is 4.12. The van der Waals surface area contributed by atoms with Gasteiger partial charge < -0.3 is 15.4 Å². The third kappa shape index (κ3) is 7.32. The zero-order valence-corrected chi connectivity index (χ0v) is 16.3. The number of carbonyl (C=O) groups excluding carboxylic acids is 2. The number of hydrogen-bond donors (Lipinski definition) is 2. The number of ether oxygens (including phenoxy) is 1. The van der Waals surface area contributed by atoms with Gasteiger partial charge in [0.25, 0.3) is 0 Å². The van der Waals surface area contributed by atoms with Gasteiger partial charge in [-0.2, -0.15) is 0 Å². The molecule has 148 valence electrons. The number of thioether (sulfide) groups is 1. The van der Waals surface area contributed by atoms with E-state index in [1.165, 1.54) is 48.9 Å². The van der Waals surface area contributed by atoms with E-state index in [1.807, 2.05) is 24.3 Å². The van der Waals surface area contributed by atoms with Gasteiger partial charge in [-0.1, -0.05) is 12.1 Å². The lowest BCUT2D eigenvalue weighted by Crippen LogP contribution is -2.18. The maximum Gasteiger partial charge on any atom is 0.234 e. The Bertz CT molecular complexity index is 810. The Morgan fingerprint density at radius 3 is 2.36 bits per heavy atom. The number of halogens is 1. The Morgan fingerprint density at radius 1 is 1.00 bits per heavy atom. The average Bonchev–Trinajstić information content (AvgIpc) is 3.48. The Hall–Kier alpha value is -2.38. The molecule has 2 aromatic carbocycles. The fourth-order valence-electron chi connectivity index (χ4n) is 2.53. The van der Waals surface area contributed by atoms with Crippen molar-refractivity contribution < 1.29 is 18.7 Å². The van der Waals surface area contributed by atoms with Crippen LogP contribution in [0.4, 0.5) is 15.8 Å². The van der Waals surface area contributed by atoms with Crippen molar-refractivity contribution in [2.24, 2.45) is 5.92 Å². The van der Waals surface area contributed by atoms with E-state index < -0.39 is 0 Å². The van der Waals surface area contributed by atoms with Crippen LogP contribution in [0.5, 0.6) is 0 Å². The highest BCUT2D eigenvalue weighted by molar-refractivity contribution is 8.00. The molecule has 1 aliphatic rings. The first kappa shape index (κ1) is 20.4. The van der Waals surface area contributed by atoms with Crippen molar-refractivity contribution in [1.29, 1.82) is 0 Å². The van der Waals surface area contributed by atoms with Crippen LogP contribution in [0.15, 0.2) is 48.5 Å². The summed E-state index contributed by atoms with van der Waals surface area (Å²) >= 11 is 1.22. The van der Waals surface area contributed by atoms with Gasteiger partial charge >= 0.3 is 0 Å². The average molecular weight is 402 g/mol. The van der Waals surface area contributed by atoms with Crippen LogP contribution in [-0.4, -0.2) is 29.9 Å². The quantitative estimate of drug-likeness (QED) is 0.629. The van der Waals surface area contributed by atoms with Crippen LogP contribution in [0, 0.1) is 11.7 Å². The number of anilines is 2. The molecule has 0 radical (unpaired) electrons. The molecule has 0 heterocycles. The van der Waals surface area contributed by atoms with E-state index in [0.717, 1.165) is 18.1 Å². The van der Waals surface area contributed by atoms with Crippen LogP contribution in [0.2, 0.25) is 0 Å². The fourth-order valence-corrected chi connectivity index (χ4v) is 3.15. The van der Waals surface area contributed by atoms with Gasteiger partial charge in [-0.25, -0.2) is 4.39 Å². The van der Waals surface area contributed by atoms with Crippen LogP contribution in [0.1, 0.15) is 18.4 Å². The van der Waals surface area contributed by atoms with Gasteiger partial charge in [0.05, 0.1) is 18.1 Å². The minimum atomic E-state index is -0.359. The Balaban J connectivity index is 1.35. The summed E-state index contributed by atoms with van der Waals surface area (Å²) in [6.07, 6.45) is 2.52. The highest BCUT2D eigenvalue weighted by atomic mass is 32.2. The van der Waals surface area contributed by atoms with E-state index in [4.69, 9.17) is 4.74 Å². The van der Waals surface area contributed by atoms with Crippen LogP contribution in [0.3, 0.4) is 0 Å². The molecule has 2 aromatic rings. The minimum Gasteiger partial charge on any atom is -0.376 e. The summed E-state index contributed by atoms with van der Waals surface area (Å²) in [5, 5.41) is 5.49. The van der Waals surface area contributed by atoms with E-state index in [9.17, 15) is 14.0 Å². The molecule has 0 atom stereocenters. The van der Waals surface area contributed by atoms with Crippen molar-refractivity contribution in [2.45, 2.75) is 19.4 Å². The largest absolute Gasteiger partial charge is 0.376 e. The molecular weight excluding hydrogens is 379 g/mol. The molecule has 1 saturated carbocycles. The minimum absolute atomic E-state index is 0.139. The molecule has 0 aliphatic heterocycles. The molecule has 0 bridgehead atoms. The van der Waals surface area contributed by atoms with Crippen molar-refractivity contribution in [2.75, 3.05) is 28.7 Å². The number of rotatable bonds is 10. The molecule has 0 unspecified atom stereocenters. The summed E-state index contributed by atoms with van der Waals surface area (Å²) in [5.74, 6) is 0.261. The summed E-state index contributed by atoms with van der Waals surface area (Å²) < 4.78 is 18.5. The Morgan fingerprint density at radius 2 is 1.68 bits per heavy atom. The van der Waals surface area contributed by atoms with Crippen molar-refractivity contribution in [3.05, 3.63) is 59.9 Å². The molecule has 5 nitrogen and oxygen atoms in total.